The molecule has 0 aliphatic carbocycles. The fourth-order valence-corrected chi connectivity index (χ4v) is 4.90. The van der Waals surface area contributed by atoms with Crippen LogP contribution in [-0.2, 0) is 10.0 Å². The zero-order valence-electron chi connectivity index (χ0n) is 13.6. The molecule has 24 heavy (non-hydrogen) atoms. The Labute approximate surface area is 150 Å². The lowest BCUT2D eigenvalue weighted by Crippen LogP contribution is -2.30. The van der Waals surface area contributed by atoms with E-state index in [9.17, 15) is 8.42 Å². The molecule has 0 aromatic heterocycles. The minimum atomic E-state index is -3.47. The first kappa shape index (κ1) is 18.9. The van der Waals surface area contributed by atoms with Gasteiger partial charge < -0.3 is 5.73 Å². The molecular weight excluding hydrogens is 344 g/mol. The molecule has 0 amide bonds. The Morgan fingerprint density at radius 3 is 2.42 bits per heavy atom. The van der Waals surface area contributed by atoms with E-state index >= 15 is 0 Å². The van der Waals surface area contributed by atoms with Crippen LogP contribution in [0.1, 0.15) is 17.0 Å². The topological polar surface area (TPSA) is 63.4 Å². The van der Waals surface area contributed by atoms with Crippen molar-refractivity contribution in [2.24, 2.45) is 11.7 Å². The van der Waals surface area contributed by atoms with Gasteiger partial charge in [-0.25, -0.2) is 8.42 Å². The SMILES string of the molecule is Cc1cccc(S(=O)(=O)N2C[C@@H](CN)[C@H](c3ccccc3)C2)c1.Cl. The molecule has 0 radical (unpaired) electrons. The minimum Gasteiger partial charge on any atom is -0.330 e. The van der Waals surface area contributed by atoms with E-state index in [2.05, 4.69) is 12.1 Å². The first-order valence-electron chi connectivity index (χ1n) is 7.84. The Kier molecular flexibility index (Phi) is 6.04. The number of sulfonamides is 1. The lowest BCUT2D eigenvalue weighted by Gasteiger charge is -2.17. The van der Waals surface area contributed by atoms with Gasteiger partial charge >= 0.3 is 0 Å². The van der Waals surface area contributed by atoms with Crippen molar-refractivity contribution in [3.63, 3.8) is 0 Å². The predicted molar refractivity (Wildman–Crippen MR) is 98.9 cm³/mol. The van der Waals surface area contributed by atoms with Crippen LogP contribution >= 0.6 is 12.4 Å². The maximum Gasteiger partial charge on any atom is 0.243 e. The van der Waals surface area contributed by atoms with Gasteiger partial charge in [-0.1, -0.05) is 42.5 Å². The summed E-state index contributed by atoms with van der Waals surface area (Å²) in [5.74, 6) is 0.303. The molecule has 1 heterocycles. The molecule has 2 aromatic carbocycles. The second kappa shape index (κ2) is 7.66. The third kappa shape index (κ3) is 3.64. The number of rotatable bonds is 4. The fraction of sp³-hybridized carbons (Fsp3) is 0.333. The highest BCUT2D eigenvalue weighted by molar-refractivity contribution is 7.89. The molecule has 2 atom stereocenters. The average molecular weight is 367 g/mol. The van der Waals surface area contributed by atoms with E-state index in [-0.39, 0.29) is 24.2 Å². The maximum atomic E-state index is 12.9. The molecule has 4 nitrogen and oxygen atoms in total. The molecule has 0 bridgehead atoms. The van der Waals surface area contributed by atoms with E-state index in [1.807, 2.05) is 31.2 Å². The van der Waals surface area contributed by atoms with Crippen LogP contribution in [0.25, 0.3) is 0 Å². The zero-order valence-corrected chi connectivity index (χ0v) is 15.3. The Morgan fingerprint density at radius 1 is 1.08 bits per heavy atom. The highest BCUT2D eigenvalue weighted by atomic mass is 35.5. The molecule has 2 N–H and O–H groups in total. The molecule has 1 fully saturated rings. The Bertz CT molecular complexity index is 781. The second-order valence-corrected chi connectivity index (χ2v) is 8.09. The molecule has 2 aromatic rings. The average Bonchev–Trinajstić information content (AvgIpc) is 3.01. The number of aryl methyl sites for hydroxylation is 1. The quantitative estimate of drug-likeness (QED) is 0.904. The highest BCUT2D eigenvalue weighted by Crippen LogP contribution is 2.35. The van der Waals surface area contributed by atoms with Crippen LogP contribution in [-0.4, -0.2) is 32.4 Å². The Balaban J connectivity index is 0.00000208. The Morgan fingerprint density at radius 2 is 1.79 bits per heavy atom. The number of nitrogens with zero attached hydrogens (tertiary/aromatic N) is 1. The van der Waals surface area contributed by atoms with Crippen LogP contribution in [0.15, 0.2) is 59.5 Å². The highest BCUT2D eigenvalue weighted by Gasteiger charge is 2.39. The van der Waals surface area contributed by atoms with Gasteiger partial charge in [0.25, 0.3) is 0 Å². The maximum absolute atomic E-state index is 12.9. The summed E-state index contributed by atoms with van der Waals surface area (Å²) in [4.78, 5) is 0.363. The second-order valence-electron chi connectivity index (χ2n) is 6.15. The molecule has 1 aliphatic rings. The first-order valence-corrected chi connectivity index (χ1v) is 9.28. The molecule has 130 valence electrons. The third-order valence-electron chi connectivity index (χ3n) is 4.57. The smallest absolute Gasteiger partial charge is 0.243 e. The summed E-state index contributed by atoms with van der Waals surface area (Å²) in [7, 11) is -3.47. The van der Waals surface area contributed by atoms with Gasteiger partial charge in [0.05, 0.1) is 4.90 Å². The lowest BCUT2D eigenvalue weighted by atomic mass is 9.89. The van der Waals surface area contributed by atoms with Gasteiger partial charge in [0.1, 0.15) is 0 Å². The number of benzene rings is 2. The minimum absolute atomic E-state index is 0. The molecular formula is C18H23ClN2O2S. The largest absolute Gasteiger partial charge is 0.330 e. The number of hydrogen-bond donors (Lipinski definition) is 1. The molecule has 0 unspecified atom stereocenters. The van der Waals surface area contributed by atoms with Crippen molar-refractivity contribution in [3.8, 4) is 0 Å². The Hall–Kier alpha value is -1.40. The lowest BCUT2D eigenvalue weighted by molar-refractivity contribution is 0.459. The van der Waals surface area contributed by atoms with Crippen LogP contribution in [0, 0.1) is 12.8 Å². The van der Waals surface area contributed by atoms with Crippen LogP contribution in [0.5, 0.6) is 0 Å². The van der Waals surface area contributed by atoms with Gasteiger partial charge in [0, 0.05) is 19.0 Å². The van der Waals surface area contributed by atoms with E-state index in [1.165, 1.54) is 0 Å². The van der Waals surface area contributed by atoms with Gasteiger partial charge in [-0.05, 0) is 42.6 Å². The van der Waals surface area contributed by atoms with Gasteiger partial charge in [0.2, 0.25) is 10.0 Å². The van der Waals surface area contributed by atoms with Crippen LogP contribution < -0.4 is 5.73 Å². The first-order chi connectivity index (χ1) is 11.0. The summed E-state index contributed by atoms with van der Waals surface area (Å²) in [5, 5.41) is 0. The zero-order chi connectivity index (χ0) is 16.4. The summed E-state index contributed by atoms with van der Waals surface area (Å²) in [6, 6.07) is 17.1. The predicted octanol–water partition coefficient (Wildman–Crippen LogP) is 2.78. The van der Waals surface area contributed by atoms with E-state index in [0.29, 0.717) is 24.5 Å². The van der Waals surface area contributed by atoms with Crippen LogP contribution in [0.4, 0.5) is 0 Å². The van der Waals surface area contributed by atoms with Crippen molar-refractivity contribution in [2.45, 2.75) is 17.7 Å². The van der Waals surface area contributed by atoms with Crippen molar-refractivity contribution >= 4 is 22.4 Å². The van der Waals surface area contributed by atoms with Crippen LogP contribution in [0.3, 0.4) is 0 Å². The van der Waals surface area contributed by atoms with Crippen molar-refractivity contribution in [1.82, 2.24) is 4.31 Å². The number of halogens is 1. The summed E-state index contributed by atoms with van der Waals surface area (Å²) >= 11 is 0. The molecule has 0 saturated carbocycles. The van der Waals surface area contributed by atoms with Gasteiger partial charge in [-0.3, -0.25) is 0 Å². The molecule has 6 heteroatoms. The molecule has 1 saturated heterocycles. The van der Waals surface area contributed by atoms with Crippen LogP contribution in [0.2, 0.25) is 0 Å². The molecule has 1 aliphatic heterocycles. The number of hydrogen-bond acceptors (Lipinski definition) is 3. The monoisotopic (exact) mass is 366 g/mol. The third-order valence-corrected chi connectivity index (χ3v) is 6.39. The summed E-state index contributed by atoms with van der Waals surface area (Å²) in [6.07, 6.45) is 0. The summed E-state index contributed by atoms with van der Waals surface area (Å²) in [6.45, 7) is 3.35. The van der Waals surface area contributed by atoms with Gasteiger partial charge in [-0.15, -0.1) is 12.4 Å². The van der Waals surface area contributed by atoms with Gasteiger partial charge in [-0.2, -0.15) is 4.31 Å². The summed E-state index contributed by atoms with van der Waals surface area (Å²) < 4.78 is 27.4. The van der Waals surface area contributed by atoms with Gasteiger partial charge in [0.15, 0.2) is 0 Å². The fourth-order valence-electron chi connectivity index (χ4n) is 3.27. The molecule has 0 spiro atoms. The van der Waals surface area contributed by atoms with Crippen molar-refractivity contribution in [2.75, 3.05) is 19.6 Å². The van der Waals surface area contributed by atoms with E-state index in [4.69, 9.17) is 5.73 Å². The van der Waals surface area contributed by atoms with E-state index < -0.39 is 10.0 Å². The normalized spacial score (nSPS) is 21.4. The van der Waals surface area contributed by atoms with Crippen molar-refractivity contribution in [1.29, 1.82) is 0 Å². The number of nitrogens with two attached hydrogens (primary N) is 1. The summed E-state index contributed by atoms with van der Waals surface area (Å²) in [5.41, 5.74) is 8.01. The van der Waals surface area contributed by atoms with Crippen molar-refractivity contribution < 1.29 is 8.42 Å². The standard InChI is InChI=1S/C18H22N2O2S.ClH/c1-14-6-5-9-17(10-14)23(21,22)20-12-16(11-19)18(13-20)15-7-3-2-4-8-15;/h2-10,16,18H,11-13,19H2,1H3;1H/t16-,18+;/m1./s1. The van der Waals surface area contributed by atoms with E-state index in [1.54, 1.807) is 22.5 Å². The van der Waals surface area contributed by atoms with E-state index in [0.717, 1.165) is 11.1 Å². The molecule has 3 rings (SSSR count). The van der Waals surface area contributed by atoms with Crippen molar-refractivity contribution in [3.05, 3.63) is 65.7 Å².